The van der Waals surface area contributed by atoms with Crippen molar-refractivity contribution in [3.05, 3.63) is 107 Å². The first kappa shape index (κ1) is 27.2. The molecule has 0 bridgehead atoms. The Morgan fingerprint density at radius 2 is 1.29 bits per heavy atom. The number of amides is 1. The van der Waals surface area contributed by atoms with Crippen LogP contribution in [-0.2, 0) is 19.7 Å². The van der Waals surface area contributed by atoms with Gasteiger partial charge in [0.15, 0.2) is 5.82 Å². The molecule has 11 heteroatoms. The predicted octanol–water partition coefficient (Wildman–Crippen LogP) is 4.79. The molecule has 0 saturated heterocycles. The number of nitrogens with zero attached hydrogens (tertiary/aromatic N) is 2. The van der Waals surface area contributed by atoms with Crippen LogP contribution >= 0.6 is 11.6 Å². The predicted molar refractivity (Wildman–Crippen MR) is 147 cm³/mol. The summed E-state index contributed by atoms with van der Waals surface area (Å²) in [6.07, 6.45) is 0.832. The zero-order chi connectivity index (χ0) is 27.5. The Hall–Kier alpha value is -3.86. The summed E-state index contributed by atoms with van der Waals surface area (Å²) in [6.45, 7) is 1.61. The number of benzene rings is 3. The second-order valence-corrected chi connectivity index (χ2v) is 13.0. The third kappa shape index (κ3) is 5.24. The largest absolute Gasteiger partial charge is 0.365 e. The van der Waals surface area contributed by atoms with Gasteiger partial charge in [-0.2, -0.15) is 0 Å². The molecule has 0 aliphatic heterocycles. The Morgan fingerprint density at radius 3 is 1.74 bits per heavy atom. The highest BCUT2D eigenvalue weighted by molar-refractivity contribution is 8.10. The monoisotopic (exact) mass is 567 g/mol. The Bertz CT molecular complexity index is 1660. The molecule has 3 aromatic carbocycles. The average molecular weight is 568 g/mol. The number of sulfone groups is 2. The SMILES string of the molecule is Cc1c(C(N)=O)c(Cl)nc(N=CC(S(=O)(=O)c2ccccc2)S(=O)(=O)c2ccccc2)c1-c1ccccc1. The van der Waals surface area contributed by atoms with E-state index < -0.39 is 30.2 Å². The van der Waals surface area contributed by atoms with Crippen LogP contribution in [0.1, 0.15) is 15.9 Å². The maximum atomic E-state index is 13.6. The van der Waals surface area contributed by atoms with Crippen molar-refractivity contribution in [2.24, 2.45) is 10.7 Å². The molecule has 4 aromatic rings. The van der Waals surface area contributed by atoms with Gasteiger partial charge in [0.25, 0.3) is 5.91 Å². The van der Waals surface area contributed by atoms with E-state index in [4.69, 9.17) is 17.3 Å². The number of rotatable bonds is 8. The second kappa shape index (κ2) is 10.9. The lowest BCUT2D eigenvalue weighted by Crippen LogP contribution is -2.32. The van der Waals surface area contributed by atoms with Crippen molar-refractivity contribution in [1.29, 1.82) is 0 Å². The van der Waals surface area contributed by atoms with Crippen LogP contribution in [0.5, 0.6) is 0 Å². The number of primary amides is 1. The zero-order valence-corrected chi connectivity index (χ0v) is 22.4. The number of carbonyl (C=O) groups excluding carboxylic acids is 1. The van der Waals surface area contributed by atoms with Crippen molar-refractivity contribution in [3.8, 4) is 11.1 Å². The van der Waals surface area contributed by atoms with E-state index in [1.165, 1.54) is 48.5 Å². The number of halogens is 1. The fourth-order valence-corrected chi connectivity index (χ4v) is 8.30. The number of hydrogen-bond acceptors (Lipinski definition) is 7. The number of pyridine rings is 1. The van der Waals surface area contributed by atoms with E-state index in [1.807, 2.05) is 0 Å². The molecule has 8 nitrogen and oxygen atoms in total. The zero-order valence-electron chi connectivity index (χ0n) is 20.0. The summed E-state index contributed by atoms with van der Waals surface area (Å²) < 4.78 is 52.4. The van der Waals surface area contributed by atoms with Crippen LogP contribution in [0.25, 0.3) is 11.1 Å². The van der Waals surface area contributed by atoms with E-state index in [-0.39, 0.29) is 26.3 Å². The summed E-state index contributed by atoms with van der Waals surface area (Å²) in [4.78, 5) is 20.1. The molecule has 0 unspecified atom stereocenters. The van der Waals surface area contributed by atoms with Gasteiger partial charge < -0.3 is 5.73 Å². The van der Waals surface area contributed by atoms with Gasteiger partial charge in [-0.05, 0) is 42.3 Å². The summed E-state index contributed by atoms with van der Waals surface area (Å²) >= 11 is 6.25. The second-order valence-electron chi connectivity index (χ2n) is 8.19. The summed E-state index contributed by atoms with van der Waals surface area (Å²) in [6, 6.07) is 23.2. The first-order chi connectivity index (χ1) is 18.0. The van der Waals surface area contributed by atoms with E-state index in [0.29, 0.717) is 16.7 Å². The highest BCUT2D eigenvalue weighted by Gasteiger charge is 2.39. The molecule has 0 spiro atoms. The van der Waals surface area contributed by atoms with E-state index in [9.17, 15) is 21.6 Å². The molecule has 194 valence electrons. The molecule has 0 aliphatic rings. The third-order valence-electron chi connectivity index (χ3n) is 5.77. The van der Waals surface area contributed by atoms with E-state index in [1.54, 1.807) is 49.4 Å². The average Bonchev–Trinajstić information content (AvgIpc) is 2.89. The maximum absolute atomic E-state index is 13.6. The van der Waals surface area contributed by atoms with Gasteiger partial charge in [0, 0.05) is 11.8 Å². The minimum atomic E-state index is -4.47. The fraction of sp³-hybridized carbons (Fsp3) is 0.0741. The molecular weight excluding hydrogens is 546 g/mol. The lowest BCUT2D eigenvalue weighted by molar-refractivity contribution is 0.0999. The number of nitrogens with two attached hydrogens (primary N) is 1. The Morgan fingerprint density at radius 1 is 0.842 bits per heavy atom. The molecular formula is C27H22ClN3O5S2. The molecule has 1 heterocycles. The molecule has 0 saturated carbocycles. The minimum absolute atomic E-state index is 0.0187. The maximum Gasteiger partial charge on any atom is 0.252 e. The summed E-state index contributed by atoms with van der Waals surface area (Å²) in [5.41, 5.74) is 6.81. The van der Waals surface area contributed by atoms with Gasteiger partial charge in [0.05, 0.1) is 15.4 Å². The van der Waals surface area contributed by atoms with Crippen molar-refractivity contribution in [2.75, 3.05) is 0 Å². The van der Waals surface area contributed by atoms with Crippen molar-refractivity contribution >= 4 is 49.2 Å². The number of carbonyl (C=O) groups is 1. The summed E-state index contributed by atoms with van der Waals surface area (Å²) in [7, 11) is -8.94. The Kier molecular flexibility index (Phi) is 7.77. The fourth-order valence-electron chi connectivity index (χ4n) is 3.93. The number of aromatic nitrogens is 1. The molecule has 4 rings (SSSR count). The highest BCUT2D eigenvalue weighted by atomic mass is 35.5. The van der Waals surface area contributed by atoms with Gasteiger partial charge in [0.1, 0.15) is 5.15 Å². The van der Waals surface area contributed by atoms with E-state index in [2.05, 4.69) is 9.98 Å². The van der Waals surface area contributed by atoms with Crippen molar-refractivity contribution in [2.45, 2.75) is 21.3 Å². The topological polar surface area (TPSA) is 137 Å². The van der Waals surface area contributed by atoms with Gasteiger partial charge in [-0.3, -0.25) is 4.79 Å². The third-order valence-corrected chi connectivity index (χ3v) is 10.9. The highest BCUT2D eigenvalue weighted by Crippen LogP contribution is 2.37. The Balaban J connectivity index is 1.96. The van der Waals surface area contributed by atoms with Crippen LogP contribution in [0, 0.1) is 6.92 Å². The molecule has 2 N–H and O–H groups in total. The number of hydrogen-bond donors (Lipinski definition) is 1. The van der Waals surface area contributed by atoms with Crippen molar-refractivity contribution < 1.29 is 21.6 Å². The van der Waals surface area contributed by atoms with Crippen LogP contribution in [0.4, 0.5) is 5.82 Å². The Labute approximate surface area is 225 Å². The van der Waals surface area contributed by atoms with Crippen LogP contribution < -0.4 is 5.73 Å². The molecule has 0 radical (unpaired) electrons. The molecule has 1 amide bonds. The lowest BCUT2D eigenvalue weighted by Gasteiger charge is -2.16. The lowest BCUT2D eigenvalue weighted by atomic mass is 9.98. The van der Waals surface area contributed by atoms with Gasteiger partial charge in [-0.25, -0.2) is 26.8 Å². The molecule has 38 heavy (non-hydrogen) atoms. The number of aliphatic imine (C=N–C) groups is 1. The van der Waals surface area contributed by atoms with Crippen LogP contribution in [0.3, 0.4) is 0 Å². The summed E-state index contributed by atoms with van der Waals surface area (Å²) in [5.74, 6) is -0.871. The standard InChI is InChI=1S/C27H22ClN3O5S2/c1-18-23(19-11-5-2-6-12-19)27(31-25(28)24(18)26(29)32)30-17-22(37(33,34)20-13-7-3-8-14-20)38(35,36)21-15-9-4-10-16-21/h2-17,22H,1H3,(H2,29,32). The van der Waals surface area contributed by atoms with Crippen molar-refractivity contribution in [3.63, 3.8) is 0 Å². The van der Waals surface area contributed by atoms with Crippen molar-refractivity contribution in [1.82, 2.24) is 4.98 Å². The van der Waals surface area contributed by atoms with Crippen LogP contribution in [-0.4, -0.2) is 38.5 Å². The van der Waals surface area contributed by atoms with E-state index in [0.717, 1.165) is 6.21 Å². The quantitative estimate of drug-likeness (QED) is 0.240. The smallest absolute Gasteiger partial charge is 0.252 e. The van der Waals surface area contributed by atoms with Gasteiger partial charge in [-0.1, -0.05) is 78.3 Å². The molecule has 1 aromatic heterocycles. The minimum Gasteiger partial charge on any atom is -0.365 e. The van der Waals surface area contributed by atoms with Crippen LogP contribution in [0.15, 0.2) is 106 Å². The summed E-state index contributed by atoms with van der Waals surface area (Å²) in [5, 5.41) is -0.241. The normalized spacial score (nSPS) is 12.2. The van der Waals surface area contributed by atoms with Crippen LogP contribution in [0.2, 0.25) is 5.15 Å². The first-order valence-electron chi connectivity index (χ1n) is 11.2. The first-order valence-corrected chi connectivity index (χ1v) is 14.7. The van der Waals surface area contributed by atoms with Gasteiger partial charge in [-0.15, -0.1) is 0 Å². The van der Waals surface area contributed by atoms with Gasteiger partial charge >= 0.3 is 0 Å². The van der Waals surface area contributed by atoms with E-state index >= 15 is 0 Å². The molecule has 0 aliphatic carbocycles. The molecule has 0 fully saturated rings. The van der Waals surface area contributed by atoms with Gasteiger partial charge in [0.2, 0.25) is 24.3 Å². The molecule has 0 atom stereocenters.